The number of benzene rings is 1. The number of halogens is 1. The molecule has 2 atom stereocenters. The first-order valence-electron chi connectivity index (χ1n) is 10.6. The van der Waals surface area contributed by atoms with Gasteiger partial charge in [-0.25, -0.2) is 17.5 Å². The number of nitrogens with one attached hydrogen (secondary N) is 1. The summed E-state index contributed by atoms with van der Waals surface area (Å²) in [4.78, 5) is 13.0. The molecular formula is C22H26FN5O4S. The summed E-state index contributed by atoms with van der Waals surface area (Å²) in [6.45, 7) is 4.21. The molecule has 9 nitrogen and oxygen atoms in total. The predicted octanol–water partition coefficient (Wildman–Crippen LogP) is 1.97. The van der Waals surface area contributed by atoms with Gasteiger partial charge < -0.3 is 14.6 Å². The van der Waals surface area contributed by atoms with Gasteiger partial charge in [-0.15, -0.1) is 0 Å². The van der Waals surface area contributed by atoms with Crippen LogP contribution in [0.4, 0.5) is 4.39 Å². The average Bonchev–Trinajstić information content (AvgIpc) is 3.43. The van der Waals surface area contributed by atoms with Gasteiger partial charge in [0.05, 0.1) is 29.8 Å². The zero-order chi connectivity index (χ0) is 23.6. The molecule has 176 valence electrons. The molecule has 3 heterocycles. The summed E-state index contributed by atoms with van der Waals surface area (Å²) in [6.07, 6.45) is 4.57. The van der Waals surface area contributed by atoms with Crippen LogP contribution in [0.25, 0.3) is 11.5 Å². The maximum Gasteiger partial charge on any atom is 0.256 e. The second-order valence-corrected chi connectivity index (χ2v) is 10.1. The summed E-state index contributed by atoms with van der Waals surface area (Å²) in [7, 11) is -3.55. The number of ether oxygens (including phenoxy) is 1. The third-order valence-corrected chi connectivity index (χ3v) is 7.14. The number of nitrogens with zero attached hydrogens (tertiary/aromatic N) is 4. The summed E-state index contributed by atoms with van der Waals surface area (Å²) in [5.74, 6) is -0.589. The van der Waals surface area contributed by atoms with E-state index in [1.165, 1.54) is 27.3 Å². The van der Waals surface area contributed by atoms with Crippen LogP contribution >= 0.6 is 0 Å². The van der Waals surface area contributed by atoms with E-state index in [0.717, 1.165) is 0 Å². The van der Waals surface area contributed by atoms with Crippen molar-refractivity contribution in [2.45, 2.75) is 26.1 Å². The Balaban J connectivity index is 1.50. The third-order valence-electron chi connectivity index (χ3n) is 5.33. The van der Waals surface area contributed by atoms with E-state index in [0.29, 0.717) is 24.6 Å². The van der Waals surface area contributed by atoms with Gasteiger partial charge in [0.15, 0.2) is 5.82 Å². The summed E-state index contributed by atoms with van der Waals surface area (Å²) >= 11 is 0. The lowest BCUT2D eigenvalue weighted by Gasteiger charge is -2.34. The molecule has 0 saturated carbocycles. The van der Waals surface area contributed by atoms with Crippen LogP contribution in [0.5, 0.6) is 0 Å². The predicted molar refractivity (Wildman–Crippen MR) is 121 cm³/mol. The standard InChI is InChI=1S/C22H26FN5O4S/c1-16-14-27(15-17(2)32-16)33(30,31)12-9-24-21(29)20-13-25-28(19-7-5-18(23)6-8-19)22(20)26-10-3-4-11-26/h3-8,10-11,13,16-17H,9,12,14-15H2,1-2H3,(H,24,29). The van der Waals surface area contributed by atoms with Gasteiger partial charge in [0.1, 0.15) is 11.4 Å². The van der Waals surface area contributed by atoms with Gasteiger partial charge in [-0.2, -0.15) is 9.40 Å². The molecule has 2 unspecified atom stereocenters. The fraction of sp³-hybridized carbons (Fsp3) is 0.364. The van der Waals surface area contributed by atoms with Crippen molar-refractivity contribution in [1.29, 1.82) is 0 Å². The van der Waals surface area contributed by atoms with E-state index in [-0.39, 0.29) is 35.9 Å². The molecule has 3 aromatic rings. The number of hydrogen-bond donors (Lipinski definition) is 1. The van der Waals surface area contributed by atoms with Gasteiger partial charge in [0.2, 0.25) is 10.0 Å². The lowest BCUT2D eigenvalue weighted by Crippen LogP contribution is -2.49. The minimum atomic E-state index is -3.55. The van der Waals surface area contributed by atoms with Crippen LogP contribution in [-0.2, 0) is 14.8 Å². The molecule has 11 heteroatoms. The number of rotatable bonds is 7. The first-order chi connectivity index (χ1) is 15.7. The number of carbonyl (C=O) groups is 1. The Kier molecular flexibility index (Phi) is 6.63. The Labute approximate surface area is 191 Å². The average molecular weight is 476 g/mol. The molecule has 0 spiro atoms. The fourth-order valence-electron chi connectivity index (χ4n) is 3.87. The number of carbonyl (C=O) groups excluding carboxylic acids is 1. The number of hydrogen-bond acceptors (Lipinski definition) is 5. The molecule has 2 aromatic heterocycles. The second-order valence-electron chi connectivity index (χ2n) is 8.01. The van der Waals surface area contributed by atoms with Gasteiger partial charge in [0, 0.05) is 32.0 Å². The van der Waals surface area contributed by atoms with Crippen molar-refractivity contribution in [3.63, 3.8) is 0 Å². The highest BCUT2D eigenvalue weighted by atomic mass is 32.2. The lowest BCUT2D eigenvalue weighted by molar-refractivity contribution is -0.0440. The first kappa shape index (κ1) is 23.1. The molecule has 1 aromatic carbocycles. The molecule has 1 fully saturated rings. The number of sulfonamides is 1. The van der Waals surface area contributed by atoms with Crippen molar-refractivity contribution in [3.05, 3.63) is 66.4 Å². The van der Waals surface area contributed by atoms with E-state index in [1.54, 1.807) is 41.2 Å². The monoisotopic (exact) mass is 475 g/mol. The highest BCUT2D eigenvalue weighted by molar-refractivity contribution is 7.89. The quantitative estimate of drug-likeness (QED) is 0.564. The van der Waals surface area contributed by atoms with Crippen LogP contribution in [0.1, 0.15) is 24.2 Å². The van der Waals surface area contributed by atoms with Crippen molar-refractivity contribution >= 4 is 15.9 Å². The van der Waals surface area contributed by atoms with Crippen LogP contribution in [0, 0.1) is 5.82 Å². The maximum absolute atomic E-state index is 13.4. The fourth-order valence-corrected chi connectivity index (χ4v) is 5.37. The van der Waals surface area contributed by atoms with E-state index in [4.69, 9.17) is 4.74 Å². The number of morpholine rings is 1. The molecule has 4 rings (SSSR count). The normalized spacial score (nSPS) is 19.5. The van der Waals surface area contributed by atoms with Gasteiger partial charge in [-0.1, -0.05) is 0 Å². The van der Waals surface area contributed by atoms with E-state index in [2.05, 4.69) is 10.4 Å². The molecule has 0 aliphatic carbocycles. The SMILES string of the molecule is CC1CN(S(=O)(=O)CCNC(=O)c2cnn(-c3ccc(F)cc3)c2-n2cccc2)CC(C)O1. The van der Waals surface area contributed by atoms with E-state index >= 15 is 0 Å². The zero-order valence-corrected chi connectivity index (χ0v) is 19.2. The molecule has 1 aliphatic rings. The highest BCUT2D eigenvalue weighted by Gasteiger charge is 2.31. The minimum absolute atomic E-state index is 0.0475. The van der Waals surface area contributed by atoms with Gasteiger partial charge in [-0.05, 0) is 50.2 Å². The summed E-state index contributed by atoms with van der Waals surface area (Å²) in [5, 5.41) is 7.00. The van der Waals surface area contributed by atoms with Crippen LogP contribution in [0.15, 0.2) is 55.0 Å². The Hall–Kier alpha value is -3.02. The maximum atomic E-state index is 13.4. The molecular weight excluding hydrogens is 449 g/mol. The van der Waals surface area contributed by atoms with Crippen LogP contribution < -0.4 is 5.32 Å². The largest absolute Gasteiger partial charge is 0.373 e. The van der Waals surface area contributed by atoms with Crippen molar-refractivity contribution in [2.75, 3.05) is 25.4 Å². The number of aromatic nitrogens is 3. The van der Waals surface area contributed by atoms with Crippen LogP contribution in [0.2, 0.25) is 0 Å². The molecule has 1 N–H and O–H groups in total. The molecule has 33 heavy (non-hydrogen) atoms. The zero-order valence-electron chi connectivity index (χ0n) is 18.4. The van der Waals surface area contributed by atoms with Crippen LogP contribution in [-0.4, -0.2) is 70.6 Å². The highest BCUT2D eigenvalue weighted by Crippen LogP contribution is 2.20. The Morgan fingerprint density at radius 2 is 1.79 bits per heavy atom. The second kappa shape index (κ2) is 9.46. The van der Waals surface area contributed by atoms with Crippen molar-refractivity contribution in [2.24, 2.45) is 0 Å². The molecule has 1 saturated heterocycles. The van der Waals surface area contributed by atoms with Gasteiger partial charge in [0.25, 0.3) is 5.91 Å². The Morgan fingerprint density at radius 3 is 2.42 bits per heavy atom. The molecule has 1 amide bonds. The van der Waals surface area contributed by atoms with Crippen LogP contribution in [0.3, 0.4) is 0 Å². The number of amides is 1. The molecule has 1 aliphatic heterocycles. The topological polar surface area (TPSA) is 98.5 Å². The smallest absolute Gasteiger partial charge is 0.256 e. The van der Waals surface area contributed by atoms with Crippen molar-refractivity contribution in [3.8, 4) is 11.5 Å². The minimum Gasteiger partial charge on any atom is -0.373 e. The Morgan fingerprint density at radius 1 is 1.15 bits per heavy atom. The van der Waals surface area contributed by atoms with Crippen molar-refractivity contribution in [1.82, 2.24) is 24.0 Å². The summed E-state index contributed by atoms with van der Waals surface area (Å²) in [6, 6.07) is 9.37. The van der Waals surface area contributed by atoms with E-state index in [1.807, 2.05) is 13.8 Å². The molecule has 0 bridgehead atoms. The summed E-state index contributed by atoms with van der Waals surface area (Å²) in [5.41, 5.74) is 0.846. The van der Waals surface area contributed by atoms with Gasteiger partial charge >= 0.3 is 0 Å². The Bertz CT molecular complexity index is 1200. The third kappa shape index (κ3) is 5.15. The lowest BCUT2D eigenvalue weighted by atomic mass is 10.2. The first-order valence-corrected chi connectivity index (χ1v) is 12.2. The van der Waals surface area contributed by atoms with Gasteiger partial charge in [-0.3, -0.25) is 4.79 Å². The summed E-state index contributed by atoms with van der Waals surface area (Å²) < 4.78 is 49.1. The molecule has 0 radical (unpaired) electrons. The van der Waals surface area contributed by atoms with Crippen molar-refractivity contribution < 1.29 is 22.3 Å². The van der Waals surface area contributed by atoms with E-state index < -0.39 is 15.9 Å². The van der Waals surface area contributed by atoms with E-state index in [9.17, 15) is 17.6 Å².